The second-order valence-electron chi connectivity index (χ2n) is 5.09. The predicted octanol–water partition coefficient (Wildman–Crippen LogP) is 2.10. The van der Waals surface area contributed by atoms with Crippen molar-refractivity contribution in [3.05, 3.63) is 32.4 Å². The molecule has 1 aliphatic rings. The summed E-state index contributed by atoms with van der Waals surface area (Å²) in [5.41, 5.74) is 0.565. The maximum Gasteiger partial charge on any atom is 0.253 e. The van der Waals surface area contributed by atoms with Crippen molar-refractivity contribution in [3.63, 3.8) is 0 Å². The third-order valence-corrected chi connectivity index (χ3v) is 5.66. The van der Waals surface area contributed by atoms with Crippen molar-refractivity contribution in [1.82, 2.24) is 9.62 Å². The van der Waals surface area contributed by atoms with Crippen LogP contribution in [0.5, 0.6) is 0 Å². The summed E-state index contributed by atoms with van der Waals surface area (Å²) in [6.07, 6.45) is 2.39. The normalized spacial score (nSPS) is 17.0. The first-order valence-corrected chi connectivity index (χ1v) is 9.83. The molecule has 0 saturated carbocycles. The molecule has 1 aromatic carbocycles. The molecule has 1 saturated heterocycles. The van der Waals surface area contributed by atoms with Crippen molar-refractivity contribution in [1.29, 1.82) is 0 Å². The van der Waals surface area contributed by atoms with Gasteiger partial charge in [0.05, 0.1) is 11.3 Å². The quantitative estimate of drug-likeness (QED) is 0.729. The molecule has 0 aliphatic carbocycles. The van der Waals surface area contributed by atoms with Gasteiger partial charge in [-0.25, -0.2) is 13.1 Å². The fourth-order valence-electron chi connectivity index (χ4n) is 2.31. The number of nitrogens with one attached hydrogen (secondary N) is 1. The summed E-state index contributed by atoms with van der Waals surface area (Å²) in [4.78, 5) is 14.1. The molecule has 1 fully saturated rings. The number of likely N-dealkylation sites (tertiary alicyclic amines) is 1. The molecule has 0 bridgehead atoms. The number of carbonyl (C=O) groups excluding carboxylic acids is 1. The Morgan fingerprint density at radius 3 is 2.52 bits per heavy atom. The second kappa shape index (κ2) is 6.80. The molecule has 116 valence electrons. The van der Waals surface area contributed by atoms with Gasteiger partial charge >= 0.3 is 0 Å². The van der Waals surface area contributed by atoms with Crippen LogP contribution in [0.25, 0.3) is 0 Å². The van der Waals surface area contributed by atoms with Gasteiger partial charge in [-0.05, 0) is 53.6 Å². The smallest absolute Gasteiger partial charge is 0.253 e. The minimum atomic E-state index is -3.20. The third-order valence-electron chi connectivity index (χ3n) is 3.33. The van der Waals surface area contributed by atoms with Crippen LogP contribution in [0.3, 0.4) is 0 Å². The lowest BCUT2D eigenvalue weighted by Gasteiger charge is -2.32. The number of hydrogen-bond acceptors (Lipinski definition) is 3. The van der Waals surface area contributed by atoms with Gasteiger partial charge < -0.3 is 4.90 Å². The van der Waals surface area contributed by atoms with Crippen molar-refractivity contribution in [2.45, 2.75) is 18.9 Å². The monoisotopic (exact) mass is 442 g/mol. The Morgan fingerprint density at radius 1 is 1.38 bits per heavy atom. The standard InChI is InChI=1S/C13H16ClIN2O3S/c1-21(19,20)16-10-4-6-17(7-5-10)13(18)9-2-3-12(15)11(14)8-9/h2-3,8,10,16H,4-7H2,1H3. The summed E-state index contributed by atoms with van der Waals surface area (Å²) in [6, 6.07) is 5.15. The SMILES string of the molecule is CS(=O)(=O)NC1CCN(C(=O)c2ccc(I)c(Cl)c2)CC1. The van der Waals surface area contributed by atoms with E-state index in [1.807, 2.05) is 6.07 Å². The Balaban J connectivity index is 1.98. The lowest BCUT2D eigenvalue weighted by Crippen LogP contribution is -2.46. The van der Waals surface area contributed by atoms with E-state index >= 15 is 0 Å². The zero-order chi connectivity index (χ0) is 15.6. The molecule has 1 amide bonds. The lowest BCUT2D eigenvalue weighted by molar-refractivity contribution is 0.0711. The van der Waals surface area contributed by atoms with Gasteiger partial charge in [0.1, 0.15) is 0 Å². The van der Waals surface area contributed by atoms with E-state index in [1.165, 1.54) is 0 Å². The molecule has 0 unspecified atom stereocenters. The molecule has 21 heavy (non-hydrogen) atoms. The Hall–Kier alpha value is -0.380. The van der Waals surface area contributed by atoms with Gasteiger partial charge in [-0.15, -0.1) is 0 Å². The van der Waals surface area contributed by atoms with E-state index < -0.39 is 10.0 Å². The van der Waals surface area contributed by atoms with Crippen LogP contribution in [0.15, 0.2) is 18.2 Å². The zero-order valence-electron chi connectivity index (χ0n) is 11.5. The molecule has 0 aromatic heterocycles. The van der Waals surface area contributed by atoms with Crippen molar-refractivity contribution >= 4 is 50.1 Å². The van der Waals surface area contributed by atoms with Crippen LogP contribution >= 0.6 is 34.2 Å². The first-order chi connectivity index (χ1) is 9.76. The van der Waals surface area contributed by atoms with Crippen LogP contribution in [-0.2, 0) is 10.0 Å². The average molecular weight is 443 g/mol. The molecule has 2 rings (SSSR count). The maximum absolute atomic E-state index is 12.4. The van der Waals surface area contributed by atoms with Gasteiger partial charge in [0, 0.05) is 28.3 Å². The fraction of sp³-hybridized carbons (Fsp3) is 0.462. The van der Waals surface area contributed by atoms with Crippen molar-refractivity contribution in [2.24, 2.45) is 0 Å². The molecule has 5 nitrogen and oxygen atoms in total. The fourth-order valence-corrected chi connectivity index (χ4v) is 3.67. The average Bonchev–Trinajstić information content (AvgIpc) is 2.40. The summed E-state index contributed by atoms with van der Waals surface area (Å²) in [5, 5.41) is 0.565. The Kier molecular flexibility index (Phi) is 5.50. The van der Waals surface area contributed by atoms with E-state index in [0.717, 1.165) is 9.83 Å². The summed E-state index contributed by atoms with van der Waals surface area (Å²) < 4.78 is 25.9. The van der Waals surface area contributed by atoms with E-state index in [9.17, 15) is 13.2 Å². The predicted molar refractivity (Wildman–Crippen MR) is 91.1 cm³/mol. The minimum absolute atomic E-state index is 0.0638. The number of nitrogens with zero attached hydrogens (tertiary/aromatic N) is 1. The molecular weight excluding hydrogens is 427 g/mol. The van der Waals surface area contributed by atoms with Gasteiger partial charge in [0.2, 0.25) is 10.0 Å². The Bertz CT molecular complexity index is 643. The highest BCUT2D eigenvalue weighted by atomic mass is 127. The van der Waals surface area contributed by atoms with E-state index in [4.69, 9.17) is 11.6 Å². The summed E-state index contributed by atoms with van der Waals surface area (Å²) in [5.74, 6) is -0.0638. The Labute approximate surface area is 143 Å². The molecule has 1 heterocycles. The van der Waals surface area contributed by atoms with Gasteiger partial charge in [-0.2, -0.15) is 0 Å². The Morgan fingerprint density at radius 2 is 2.00 bits per heavy atom. The molecule has 1 aliphatic heterocycles. The number of carbonyl (C=O) groups is 1. The number of halogens is 2. The van der Waals surface area contributed by atoms with Crippen LogP contribution in [0.1, 0.15) is 23.2 Å². The van der Waals surface area contributed by atoms with Crippen molar-refractivity contribution in [2.75, 3.05) is 19.3 Å². The van der Waals surface area contributed by atoms with Gasteiger partial charge in [0.15, 0.2) is 0 Å². The van der Waals surface area contributed by atoms with E-state index in [0.29, 0.717) is 36.5 Å². The number of sulfonamides is 1. The van der Waals surface area contributed by atoms with Crippen LogP contribution in [0.4, 0.5) is 0 Å². The highest BCUT2D eigenvalue weighted by molar-refractivity contribution is 14.1. The number of hydrogen-bond donors (Lipinski definition) is 1. The van der Waals surface area contributed by atoms with Gasteiger partial charge in [0.25, 0.3) is 5.91 Å². The highest BCUT2D eigenvalue weighted by Crippen LogP contribution is 2.21. The van der Waals surface area contributed by atoms with Gasteiger partial charge in [-0.1, -0.05) is 11.6 Å². The highest BCUT2D eigenvalue weighted by Gasteiger charge is 2.25. The second-order valence-corrected chi connectivity index (χ2v) is 8.43. The maximum atomic E-state index is 12.4. The molecule has 1 aromatic rings. The summed E-state index contributed by atoms with van der Waals surface area (Å²) in [6.45, 7) is 1.07. The largest absolute Gasteiger partial charge is 0.339 e. The molecule has 1 N–H and O–H groups in total. The number of rotatable bonds is 3. The minimum Gasteiger partial charge on any atom is -0.339 e. The molecule has 0 radical (unpaired) electrons. The third kappa shape index (κ3) is 4.80. The van der Waals surface area contributed by atoms with Crippen LogP contribution < -0.4 is 4.72 Å². The molecule has 8 heteroatoms. The molecule has 0 atom stereocenters. The van der Waals surface area contributed by atoms with Crippen molar-refractivity contribution < 1.29 is 13.2 Å². The lowest BCUT2D eigenvalue weighted by atomic mass is 10.0. The van der Waals surface area contributed by atoms with E-state index in [2.05, 4.69) is 27.3 Å². The van der Waals surface area contributed by atoms with Crippen LogP contribution in [0.2, 0.25) is 5.02 Å². The van der Waals surface area contributed by atoms with E-state index in [-0.39, 0.29) is 11.9 Å². The van der Waals surface area contributed by atoms with E-state index in [1.54, 1.807) is 17.0 Å². The molecular formula is C13H16ClIN2O3S. The first-order valence-electron chi connectivity index (χ1n) is 6.48. The number of benzene rings is 1. The number of amides is 1. The topological polar surface area (TPSA) is 66.5 Å². The van der Waals surface area contributed by atoms with Crippen LogP contribution in [-0.4, -0.2) is 44.6 Å². The van der Waals surface area contributed by atoms with Gasteiger partial charge in [-0.3, -0.25) is 4.79 Å². The zero-order valence-corrected chi connectivity index (χ0v) is 15.2. The molecule has 0 spiro atoms. The summed E-state index contributed by atoms with van der Waals surface area (Å²) in [7, 11) is -3.20. The van der Waals surface area contributed by atoms with Crippen molar-refractivity contribution in [3.8, 4) is 0 Å². The first kappa shape index (κ1) is 17.0. The van der Waals surface area contributed by atoms with Crippen LogP contribution in [0, 0.1) is 3.57 Å². The summed E-state index contributed by atoms with van der Waals surface area (Å²) >= 11 is 8.15. The number of piperidine rings is 1.